The van der Waals surface area contributed by atoms with Crippen LogP contribution in [0.4, 0.5) is 5.69 Å². The Bertz CT molecular complexity index is 853. The number of carbonyl (C=O) groups is 1. The molecule has 0 unspecified atom stereocenters. The second-order valence-corrected chi connectivity index (χ2v) is 5.93. The second-order valence-electron chi connectivity index (χ2n) is 4.87. The number of aryl methyl sites for hydroxylation is 2. The van der Waals surface area contributed by atoms with E-state index in [4.69, 9.17) is 0 Å². The Morgan fingerprint density at radius 2 is 2.22 bits per heavy atom. The molecule has 1 N–H and O–H groups in total. The molecule has 0 aliphatic rings. The highest BCUT2D eigenvalue weighted by Crippen LogP contribution is 2.18. The molecule has 0 saturated carbocycles. The summed E-state index contributed by atoms with van der Waals surface area (Å²) in [5.41, 5.74) is 3.27. The lowest BCUT2D eigenvalue weighted by atomic mass is 10.2. The minimum absolute atomic E-state index is 0.220. The standard InChI is InChI=1S/C15H14N6OS/c1-10-3-4-12(7-14(10)21-9-16-19-20-21)18-15(22)6-5-13-8-23-11(2)17-13/h3-9H,1-2H3,(H,18,22)/b6-5+. The molecule has 0 aliphatic heterocycles. The molecular weight excluding hydrogens is 312 g/mol. The maximum atomic E-state index is 12.0. The molecule has 0 atom stereocenters. The van der Waals surface area contributed by atoms with Gasteiger partial charge in [0.2, 0.25) is 5.91 Å². The maximum absolute atomic E-state index is 12.0. The highest BCUT2D eigenvalue weighted by atomic mass is 32.1. The predicted molar refractivity (Wildman–Crippen MR) is 88.4 cm³/mol. The fraction of sp³-hybridized carbons (Fsp3) is 0.133. The van der Waals surface area contributed by atoms with E-state index in [9.17, 15) is 4.79 Å². The topological polar surface area (TPSA) is 85.6 Å². The third-order valence-electron chi connectivity index (χ3n) is 3.11. The number of anilines is 1. The van der Waals surface area contributed by atoms with Crippen LogP contribution in [0.3, 0.4) is 0 Å². The van der Waals surface area contributed by atoms with Gasteiger partial charge in [0.25, 0.3) is 0 Å². The molecule has 1 aromatic carbocycles. The van der Waals surface area contributed by atoms with E-state index in [0.29, 0.717) is 5.69 Å². The summed E-state index contributed by atoms with van der Waals surface area (Å²) in [4.78, 5) is 16.3. The van der Waals surface area contributed by atoms with Crippen LogP contribution < -0.4 is 5.32 Å². The van der Waals surface area contributed by atoms with E-state index in [1.807, 2.05) is 37.4 Å². The van der Waals surface area contributed by atoms with Gasteiger partial charge in [-0.1, -0.05) is 6.07 Å². The molecule has 8 heteroatoms. The predicted octanol–water partition coefficient (Wildman–Crippen LogP) is 2.39. The molecule has 0 fully saturated rings. The number of amides is 1. The van der Waals surface area contributed by atoms with Gasteiger partial charge in [-0.15, -0.1) is 16.4 Å². The minimum atomic E-state index is -0.220. The lowest BCUT2D eigenvalue weighted by Gasteiger charge is -2.08. The van der Waals surface area contributed by atoms with Crippen LogP contribution in [0.15, 0.2) is 36.0 Å². The van der Waals surface area contributed by atoms with Crippen LogP contribution in [0, 0.1) is 13.8 Å². The van der Waals surface area contributed by atoms with Crippen molar-refractivity contribution in [3.8, 4) is 5.69 Å². The van der Waals surface area contributed by atoms with E-state index in [0.717, 1.165) is 22.0 Å². The third-order valence-corrected chi connectivity index (χ3v) is 3.91. The summed E-state index contributed by atoms with van der Waals surface area (Å²) in [6.45, 7) is 3.88. The van der Waals surface area contributed by atoms with Crippen molar-refractivity contribution >= 4 is 29.0 Å². The van der Waals surface area contributed by atoms with Crippen LogP contribution in [0.5, 0.6) is 0 Å². The summed E-state index contributed by atoms with van der Waals surface area (Å²) in [6, 6.07) is 5.56. The van der Waals surface area contributed by atoms with Crippen LogP contribution in [0.2, 0.25) is 0 Å². The van der Waals surface area contributed by atoms with Crippen molar-refractivity contribution in [1.82, 2.24) is 25.2 Å². The Morgan fingerprint density at radius 1 is 1.35 bits per heavy atom. The van der Waals surface area contributed by atoms with Crippen LogP contribution in [-0.4, -0.2) is 31.1 Å². The lowest BCUT2D eigenvalue weighted by molar-refractivity contribution is -0.111. The number of hydrogen-bond acceptors (Lipinski definition) is 6. The van der Waals surface area contributed by atoms with E-state index in [2.05, 4.69) is 25.8 Å². The number of nitrogens with zero attached hydrogens (tertiary/aromatic N) is 5. The highest BCUT2D eigenvalue weighted by molar-refractivity contribution is 7.09. The fourth-order valence-corrected chi connectivity index (χ4v) is 2.59. The Hall–Kier alpha value is -2.87. The van der Waals surface area contributed by atoms with E-state index in [1.54, 1.807) is 22.1 Å². The van der Waals surface area contributed by atoms with Gasteiger partial charge in [-0.3, -0.25) is 4.79 Å². The molecule has 116 valence electrons. The molecule has 23 heavy (non-hydrogen) atoms. The van der Waals surface area contributed by atoms with Crippen molar-refractivity contribution < 1.29 is 4.79 Å². The minimum Gasteiger partial charge on any atom is -0.322 e. The zero-order chi connectivity index (χ0) is 16.2. The number of aromatic nitrogens is 5. The summed E-state index contributed by atoms with van der Waals surface area (Å²) in [5.74, 6) is -0.220. The molecule has 7 nitrogen and oxygen atoms in total. The molecule has 3 rings (SSSR count). The fourth-order valence-electron chi connectivity index (χ4n) is 2.01. The SMILES string of the molecule is Cc1nc(/C=C/C(=O)Nc2ccc(C)c(-n3cnnn3)c2)cs1. The maximum Gasteiger partial charge on any atom is 0.248 e. The number of thiazole rings is 1. The van der Waals surface area contributed by atoms with Crippen molar-refractivity contribution in [2.75, 3.05) is 5.32 Å². The van der Waals surface area contributed by atoms with Gasteiger partial charge in [0.15, 0.2) is 0 Å². The number of benzene rings is 1. The lowest BCUT2D eigenvalue weighted by Crippen LogP contribution is -2.09. The van der Waals surface area contributed by atoms with Crippen molar-refractivity contribution in [3.63, 3.8) is 0 Å². The molecule has 0 radical (unpaired) electrons. The Balaban J connectivity index is 1.74. The van der Waals surface area contributed by atoms with Crippen molar-refractivity contribution in [2.45, 2.75) is 13.8 Å². The van der Waals surface area contributed by atoms with E-state index in [-0.39, 0.29) is 5.91 Å². The average molecular weight is 326 g/mol. The Morgan fingerprint density at radius 3 is 2.91 bits per heavy atom. The van der Waals surface area contributed by atoms with E-state index in [1.165, 1.54) is 12.4 Å². The first-order valence-corrected chi connectivity index (χ1v) is 7.75. The summed E-state index contributed by atoms with van der Waals surface area (Å²) >= 11 is 1.55. The first-order valence-electron chi connectivity index (χ1n) is 6.87. The first kappa shape index (κ1) is 15.0. The summed E-state index contributed by atoms with van der Waals surface area (Å²) < 4.78 is 1.55. The van der Waals surface area contributed by atoms with Gasteiger partial charge in [0.1, 0.15) is 6.33 Å². The normalized spacial score (nSPS) is 11.0. The molecule has 0 aliphatic carbocycles. The van der Waals surface area contributed by atoms with Crippen LogP contribution in [0.25, 0.3) is 11.8 Å². The third kappa shape index (κ3) is 3.67. The van der Waals surface area contributed by atoms with Crippen molar-refractivity contribution in [3.05, 3.63) is 52.2 Å². The van der Waals surface area contributed by atoms with Crippen LogP contribution in [-0.2, 0) is 4.79 Å². The van der Waals surface area contributed by atoms with Gasteiger partial charge in [0.05, 0.1) is 16.4 Å². The monoisotopic (exact) mass is 326 g/mol. The molecule has 3 aromatic rings. The van der Waals surface area contributed by atoms with Gasteiger partial charge in [-0.25, -0.2) is 9.67 Å². The van der Waals surface area contributed by atoms with E-state index >= 15 is 0 Å². The molecule has 1 amide bonds. The van der Waals surface area contributed by atoms with E-state index < -0.39 is 0 Å². The van der Waals surface area contributed by atoms with Gasteiger partial charge >= 0.3 is 0 Å². The van der Waals surface area contributed by atoms with Crippen molar-refractivity contribution in [2.24, 2.45) is 0 Å². The Labute approximate surface area is 136 Å². The molecule has 0 saturated heterocycles. The van der Waals surface area contributed by atoms with Crippen LogP contribution in [0.1, 0.15) is 16.3 Å². The van der Waals surface area contributed by atoms with Crippen molar-refractivity contribution in [1.29, 1.82) is 0 Å². The zero-order valence-corrected chi connectivity index (χ0v) is 13.4. The molecule has 2 heterocycles. The first-order chi connectivity index (χ1) is 11.1. The van der Waals surface area contributed by atoms with Gasteiger partial charge in [-0.05, 0) is 48.0 Å². The molecule has 2 aromatic heterocycles. The summed E-state index contributed by atoms with van der Waals surface area (Å²) in [6.07, 6.45) is 4.67. The number of hydrogen-bond donors (Lipinski definition) is 1. The molecular formula is C15H14N6OS. The van der Waals surface area contributed by atoms with Crippen LogP contribution >= 0.6 is 11.3 Å². The summed E-state index contributed by atoms with van der Waals surface area (Å²) in [5, 5.41) is 16.8. The smallest absolute Gasteiger partial charge is 0.248 e. The average Bonchev–Trinajstić information content (AvgIpc) is 3.19. The zero-order valence-electron chi connectivity index (χ0n) is 12.6. The van der Waals surface area contributed by atoms with Gasteiger partial charge < -0.3 is 5.32 Å². The largest absolute Gasteiger partial charge is 0.322 e. The number of tetrazole rings is 1. The highest BCUT2D eigenvalue weighted by Gasteiger charge is 2.06. The van der Waals surface area contributed by atoms with Gasteiger partial charge in [0, 0.05) is 17.1 Å². The number of carbonyl (C=O) groups excluding carboxylic acids is 1. The second kappa shape index (κ2) is 6.49. The number of rotatable bonds is 4. The van der Waals surface area contributed by atoms with Gasteiger partial charge in [-0.2, -0.15) is 0 Å². The molecule has 0 bridgehead atoms. The Kier molecular flexibility index (Phi) is 4.24. The number of nitrogens with one attached hydrogen (secondary N) is 1. The quantitative estimate of drug-likeness (QED) is 0.744. The summed E-state index contributed by atoms with van der Waals surface area (Å²) in [7, 11) is 0. The molecule has 0 spiro atoms.